The first-order chi connectivity index (χ1) is 8.89. The molecule has 3 nitrogen and oxygen atoms in total. The highest BCUT2D eigenvalue weighted by Crippen LogP contribution is 2.22. The molecule has 0 heterocycles. The summed E-state index contributed by atoms with van der Waals surface area (Å²) in [7, 11) is 1.42. The molecule has 1 aromatic rings. The number of methoxy groups -OCH3 is 1. The molecule has 0 spiro atoms. The van der Waals surface area contributed by atoms with Gasteiger partial charge in [-0.15, -0.1) is 0 Å². The fourth-order valence-electron chi connectivity index (χ4n) is 1.72. The SMILES string of the molecule is CCN(Cc1ccc(C#N)c(OC)c1)CC(F)(F)F. The summed E-state index contributed by atoms with van der Waals surface area (Å²) in [5, 5.41) is 8.83. The summed E-state index contributed by atoms with van der Waals surface area (Å²) < 4.78 is 42.1. The van der Waals surface area contributed by atoms with Gasteiger partial charge in [0.15, 0.2) is 0 Å². The maximum absolute atomic E-state index is 12.4. The molecule has 0 saturated heterocycles. The van der Waals surface area contributed by atoms with E-state index in [0.717, 1.165) is 0 Å². The van der Waals surface area contributed by atoms with E-state index < -0.39 is 12.7 Å². The van der Waals surface area contributed by atoms with E-state index >= 15 is 0 Å². The molecule has 104 valence electrons. The number of halogens is 3. The van der Waals surface area contributed by atoms with Crippen molar-refractivity contribution in [2.24, 2.45) is 0 Å². The van der Waals surface area contributed by atoms with Crippen molar-refractivity contribution in [3.63, 3.8) is 0 Å². The Kier molecular flexibility index (Phi) is 5.19. The Bertz CT molecular complexity index is 466. The van der Waals surface area contributed by atoms with Crippen molar-refractivity contribution in [1.82, 2.24) is 4.90 Å². The second-order valence-electron chi connectivity index (χ2n) is 4.06. The lowest BCUT2D eigenvalue weighted by Crippen LogP contribution is -2.33. The van der Waals surface area contributed by atoms with Gasteiger partial charge in [0.25, 0.3) is 0 Å². The lowest BCUT2D eigenvalue weighted by molar-refractivity contribution is -0.146. The largest absolute Gasteiger partial charge is 0.495 e. The summed E-state index contributed by atoms with van der Waals surface area (Å²) in [6.45, 7) is 1.18. The van der Waals surface area contributed by atoms with Crippen LogP contribution in [0.2, 0.25) is 0 Å². The molecule has 19 heavy (non-hydrogen) atoms. The van der Waals surface area contributed by atoms with Gasteiger partial charge in [0.1, 0.15) is 11.8 Å². The molecule has 6 heteroatoms. The van der Waals surface area contributed by atoms with Crippen LogP contribution in [0.15, 0.2) is 18.2 Å². The Morgan fingerprint density at radius 3 is 2.53 bits per heavy atom. The maximum atomic E-state index is 12.4. The normalized spacial score (nSPS) is 11.4. The molecule has 1 rings (SSSR count). The van der Waals surface area contributed by atoms with Crippen molar-refractivity contribution in [3.05, 3.63) is 29.3 Å². The minimum atomic E-state index is -4.22. The summed E-state index contributed by atoms with van der Waals surface area (Å²) in [6.07, 6.45) is -4.22. The van der Waals surface area contributed by atoms with Crippen LogP contribution < -0.4 is 4.74 Å². The standard InChI is InChI=1S/C13H15F3N2O/c1-3-18(9-13(14,15)16)8-10-4-5-11(7-17)12(6-10)19-2/h4-6H,3,8-9H2,1-2H3. The van der Waals surface area contributed by atoms with E-state index in [1.165, 1.54) is 12.0 Å². The van der Waals surface area contributed by atoms with Gasteiger partial charge in [-0.3, -0.25) is 4.90 Å². The average Bonchev–Trinajstić information content (AvgIpc) is 2.36. The van der Waals surface area contributed by atoms with Crippen LogP contribution in [0.1, 0.15) is 18.1 Å². The van der Waals surface area contributed by atoms with E-state index in [1.54, 1.807) is 25.1 Å². The first-order valence-corrected chi connectivity index (χ1v) is 5.75. The minimum Gasteiger partial charge on any atom is -0.495 e. The van der Waals surface area contributed by atoms with Gasteiger partial charge >= 0.3 is 6.18 Å². The van der Waals surface area contributed by atoms with Gasteiger partial charge in [-0.1, -0.05) is 13.0 Å². The first kappa shape index (κ1) is 15.3. The smallest absolute Gasteiger partial charge is 0.401 e. The third-order valence-electron chi connectivity index (χ3n) is 2.64. The number of nitrogens with zero attached hydrogens (tertiary/aromatic N) is 2. The van der Waals surface area contributed by atoms with Gasteiger partial charge in [-0.25, -0.2) is 0 Å². The molecule has 0 bridgehead atoms. The van der Waals surface area contributed by atoms with Crippen LogP contribution in [0.25, 0.3) is 0 Å². The summed E-state index contributed by atoms with van der Waals surface area (Å²) in [5.74, 6) is 0.378. The zero-order chi connectivity index (χ0) is 14.5. The van der Waals surface area contributed by atoms with E-state index in [-0.39, 0.29) is 6.54 Å². The molecular formula is C13H15F3N2O. The summed E-state index contributed by atoms with van der Waals surface area (Å²) in [6, 6.07) is 6.75. The third-order valence-corrected chi connectivity index (χ3v) is 2.64. The van der Waals surface area contributed by atoms with Crippen LogP contribution in [0, 0.1) is 11.3 Å². The Morgan fingerprint density at radius 1 is 1.37 bits per heavy atom. The number of benzene rings is 1. The summed E-state index contributed by atoms with van der Waals surface area (Å²) in [4.78, 5) is 1.28. The van der Waals surface area contributed by atoms with Gasteiger partial charge in [-0.05, 0) is 24.2 Å². The molecule has 0 fully saturated rings. The van der Waals surface area contributed by atoms with Gasteiger partial charge in [-0.2, -0.15) is 18.4 Å². The number of rotatable bonds is 5. The predicted octanol–water partition coefficient (Wildman–Crippen LogP) is 2.95. The Balaban J connectivity index is 2.84. The van der Waals surface area contributed by atoms with Crippen molar-refractivity contribution in [3.8, 4) is 11.8 Å². The highest BCUT2D eigenvalue weighted by Gasteiger charge is 2.30. The van der Waals surface area contributed by atoms with Crippen LogP contribution >= 0.6 is 0 Å². The second kappa shape index (κ2) is 6.43. The molecule has 1 aromatic carbocycles. The third kappa shape index (κ3) is 4.79. The topological polar surface area (TPSA) is 36.3 Å². The number of alkyl halides is 3. The fourth-order valence-corrected chi connectivity index (χ4v) is 1.72. The van der Waals surface area contributed by atoms with E-state index in [0.29, 0.717) is 23.4 Å². The van der Waals surface area contributed by atoms with Crippen molar-refractivity contribution < 1.29 is 17.9 Å². The molecule has 0 N–H and O–H groups in total. The summed E-state index contributed by atoms with van der Waals surface area (Å²) >= 11 is 0. The van der Waals surface area contributed by atoms with Crippen LogP contribution in [0.5, 0.6) is 5.75 Å². The van der Waals surface area contributed by atoms with Crippen molar-refractivity contribution in [2.75, 3.05) is 20.2 Å². The molecule has 0 radical (unpaired) electrons. The highest BCUT2D eigenvalue weighted by molar-refractivity contribution is 5.45. The van der Waals surface area contributed by atoms with E-state index in [2.05, 4.69) is 0 Å². The van der Waals surface area contributed by atoms with Gasteiger partial charge < -0.3 is 4.74 Å². The van der Waals surface area contributed by atoms with E-state index in [4.69, 9.17) is 10.00 Å². The maximum Gasteiger partial charge on any atom is 0.401 e. The van der Waals surface area contributed by atoms with E-state index in [9.17, 15) is 13.2 Å². The fraction of sp³-hybridized carbons (Fsp3) is 0.462. The molecular weight excluding hydrogens is 257 g/mol. The quantitative estimate of drug-likeness (QED) is 0.826. The van der Waals surface area contributed by atoms with Gasteiger partial charge in [0.05, 0.1) is 19.2 Å². The number of hydrogen-bond donors (Lipinski definition) is 0. The number of nitriles is 1. The Hall–Kier alpha value is -1.74. The first-order valence-electron chi connectivity index (χ1n) is 5.75. The van der Waals surface area contributed by atoms with Gasteiger partial charge in [0, 0.05) is 6.54 Å². The molecule has 0 aliphatic rings. The Labute approximate surface area is 110 Å². The predicted molar refractivity (Wildman–Crippen MR) is 64.7 cm³/mol. The lowest BCUT2D eigenvalue weighted by atomic mass is 10.1. The molecule has 0 saturated carbocycles. The van der Waals surface area contributed by atoms with Crippen LogP contribution in [0.4, 0.5) is 13.2 Å². The summed E-state index contributed by atoms with van der Waals surface area (Å²) in [5.41, 5.74) is 1.05. The zero-order valence-corrected chi connectivity index (χ0v) is 10.8. The number of ether oxygens (including phenoxy) is 1. The van der Waals surface area contributed by atoms with Crippen LogP contribution in [-0.4, -0.2) is 31.3 Å². The van der Waals surface area contributed by atoms with Crippen LogP contribution in [-0.2, 0) is 6.54 Å². The lowest BCUT2D eigenvalue weighted by Gasteiger charge is -2.22. The van der Waals surface area contributed by atoms with Crippen molar-refractivity contribution >= 4 is 0 Å². The van der Waals surface area contributed by atoms with Crippen LogP contribution in [0.3, 0.4) is 0 Å². The molecule has 0 aromatic heterocycles. The average molecular weight is 272 g/mol. The van der Waals surface area contributed by atoms with Crippen molar-refractivity contribution in [1.29, 1.82) is 5.26 Å². The number of hydrogen-bond acceptors (Lipinski definition) is 3. The Morgan fingerprint density at radius 2 is 2.05 bits per heavy atom. The molecule has 0 unspecified atom stereocenters. The van der Waals surface area contributed by atoms with Crippen molar-refractivity contribution in [2.45, 2.75) is 19.6 Å². The monoisotopic (exact) mass is 272 g/mol. The minimum absolute atomic E-state index is 0.165. The molecule has 0 aliphatic carbocycles. The second-order valence-corrected chi connectivity index (χ2v) is 4.06. The van der Waals surface area contributed by atoms with Gasteiger partial charge in [0.2, 0.25) is 0 Å². The molecule has 0 aliphatic heterocycles. The molecule has 0 amide bonds. The zero-order valence-electron chi connectivity index (χ0n) is 10.8. The molecule has 0 atom stereocenters. The highest BCUT2D eigenvalue weighted by atomic mass is 19.4. The van der Waals surface area contributed by atoms with E-state index in [1.807, 2.05) is 6.07 Å².